The monoisotopic (exact) mass is 493 g/mol. The minimum absolute atomic E-state index is 0.00226. The van der Waals surface area contributed by atoms with Crippen LogP contribution in [0.15, 0.2) is 48.5 Å². The van der Waals surface area contributed by atoms with Gasteiger partial charge in [0.25, 0.3) is 0 Å². The molecule has 1 atom stereocenters. The summed E-state index contributed by atoms with van der Waals surface area (Å²) in [6, 6.07) is 18.0. The van der Waals surface area contributed by atoms with Gasteiger partial charge in [-0.2, -0.15) is 5.26 Å². The van der Waals surface area contributed by atoms with Gasteiger partial charge in [0.2, 0.25) is 5.91 Å². The van der Waals surface area contributed by atoms with Crippen LogP contribution >= 0.6 is 22.9 Å². The van der Waals surface area contributed by atoms with Crippen LogP contribution in [0.4, 0.5) is 10.0 Å². The van der Waals surface area contributed by atoms with Crippen molar-refractivity contribution in [1.29, 1.82) is 5.26 Å². The molecule has 0 fully saturated rings. The van der Waals surface area contributed by atoms with Crippen molar-refractivity contribution in [1.82, 2.24) is 0 Å². The molecule has 7 heteroatoms. The molecule has 1 aliphatic rings. The van der Waals surface area contributed by atoms with Crippen LogP contribution in [0.1, 0.15) is 49.8 Å². The number of hydrogen-bond donors (Lipinski definition) is 2. The Hall–Kier alpha value is -3.01. The number of amides is 1. The topological polar surface area (TPSA) is 74.2 Å². The maximum atomic E-state index is 12.6. The van der Waals surface area contributed by atoms with Crippen LogP contribution in [-0.4, -0.2) is 11.9 Å². The van der Waals surface area contributed by atoms with Crippen LogP contribution in [0.5, 0.6) is 11.5 Å². The Morgan fingerprint density at radius 3 is 2.44 bits per heavy atom. The second-order valence-corrected chi connectivity index (χ2v) is 9.97. The highest BCUT2D eigenvalue weighted by Crippen LogP contribution is 2.41. The molecule has 0 aliphatic carbocycles. The van der Waals surface area contributed by atoms with Crippen molar-refractivity contribution < 1.29 is 9.53 Å². The highest BCUT2D eigenvalue weighted by Gasteiger charge is 2.27. The molecular weight excluding hydrogens is 466 g/mol. The van der Waals surface area contributed by atoms with Gasteiger partial charge in [0.15, 0.2) is 0 Å². The Bertz CT molecular complexity index is 1180. The summed E-state index contributed by atoms with van der Waals surface area (Å²) in [5.41, 5.74) is 2.84. The number of nitrogens with one attached hydrogen (secondary N) is 2. The fourth-order valence-electron chi connectivity index (χ4n) is 4.25. The number of carbonyl (C=O) groups is 1. The van der Waals surface area contributed by atoms with E-state index in [1.807, 2.05) is 38.1 Å². The summed E-state index contributed by atoms with van der Waals surface area (Å²) in [5, 5.41) is 18.7. The number of anilines is 2. The number of halogens is 1. The summed E-state index contributed by atoms with van der Waals surface area (Å²) in [6.45, 7) is 4.03. The molecule has 4 rings (SSSR count). The molecule has 0 radical (unpaired) electrons. The van der Waals surface area contributed by atoms with Crippen molar-refractivity contribution in [3.63, 3.8) is 0 Å². The molecule has 0 spiro atoms. The molecule has 1 aliphatic heterocycles. The smallest absolute Gasteiger partial charge is 0.228 e. The van der Waals surface area contributed by atoms with E-state index in [4.69, 9.17) is 16.3 Å². The van der Waals surface area contributed by atoms with E-state index in [0.29, 0.717) is 15.6 Å². The van der Waals surface area contributed by atoms with Gasteiger partial charge in [0.1, 0.15) is 22.6 Å². The van der Waals surface area contributed by atoms with Gasteiger partial charge in [-0.25, -0.2) is 0 Å². The van der Waals surface area contributed by atoms with Crippen LogP contribution in [0.25, 0.3) is 0 Å². The fraction of sp³-hybridized carbons (Fsp3) is 0.333. The summed E-state index contributed by atoms with van der Waals surface area (Å²) in [4.78, 5) is 12.6. The molecule has 0 bridgehead atoms. The van der Waals surface area contributed by atoms with Crippen molar-refractivity contribution in [2.24, 2.45) is 5.92 Å². The molecule has 3 aromatic rings. The quantitative estimate of drug-likeness (QED) is 0.342. The fourth-order valence-corrected chi connectivity index (χ4v) is 5.55. The van der Waals surface area contributed by atoms with E-state index in [2.05, 4.69) is 28.8 Å². The Kier molecular flexibility index (Phi) is 7.77. The first-order chi connectivity index (χ1) is 16.5. The zero-order chi connectivity index (χ0) is 24.1. The van der Waals surface area contributed by atoms with Gasteiger partial charge in [-0.3, -0.25) is 4.79 Å². The first-order valence-electron chi connectivity index (χ1n) is 11.7. The van der Waals surface area contributed by atoms with Crippen molar-refractivity contribution in [2.45, 2.75) is 52.0 Å². The average molecular weight is 494 g/mol. The van der Waals surface area contributed by atoms with Gasteiger partial charge in [-0.05, 0) is 74.1 Å². The highest BCUT2D eigenvalue weighted by atomic mass is 35.5. The van der Waals surface area contributed by atoms with Crippen LogP contribution in [-0.2, 0) is 17.6 Å². The second-order valence-electron chi connectivity index (χ2n) is 8.51. The van der Waals surface area contributed by atoms with E-state index >= 15 is 0 Å². The van der Waals surface area contributed by atoms with E-state index in [9.17, 15) is 10.1 Å². The number of nitrogens with zero attached hydrogens (tertiary/aromatic N) is 1. The van der Waals surface area contributed by atoms with E-state index in [-0.39, 0.29) is 17.9 Å². The Morgan fingerprint density at radius 2 is 1.82 bits per heavy atom. The summed E-state index contributed by atoms with van der Waals surface area (Å²) < 4.78 is 5.88. The Morgan fingerprint density at radius 1 is 1.18 bits per heavy atom. The first-order valence-corrected chi connectivity index (χ1v) is 12.9. The molecule has 2 heterocycles. The average Bonchev–Trinajstić information content (AvgIpc) is 3.18. The SMILES string of the molecule is CCC(CC)C(=O)Nc1sc2c(c1C#N)CCC(Cc1ccc(Oc3ccc(Cl)cc3)cc1)N2. The van der Waals surface area contributed by atoms with Crippen LogP contribution in [0, 0.1) is 17.2 Å². The zero-order valence-electron chi connectivity index (χ0n) is 19.4. The van der Waals surface area contributed by atoms with E-state index < -0.39 is 0 Å². The number of ether oxygens (including phenoxy) is 1. The summed E-state index contributed by atoms with van der Waals surface area (Å²) in [7, 11) is 0. The van der Waals surface area contributed by atoms with Crippen LogP contribution in [0.2, 0.25) is 5.02 Å². The van der Waals surface area contributed by atoms with Crippen molar-refractivity contribution in [3.05, 3.63) is 70.2 Å². The van der Waals surface area contributed by atoms with Gasteiger partial charge in [-0.15, -0.1) is 0 Å². The molecule has 0 saturated heterocycles. The lowest BCUT2D eigenvalue weighted by Gasteiger charge is -2.24. The van der Waals surface area contributed by atoms with Gasteiger partial charge in [0.05, 0.1) is 10.6 Å². The molecule has 1 unspecified atom stereocenters. The number of carbonyl (C=O) groups excluding carboxylic acids is 1. The number of nitriles is 1. The number of rotatable bonds is 8. The van der Waals surface area contributed by atoms with E-state index in [1.54, 1.807) is 12.1 Å². The minimum Gasteiger partial charge on any atom is -0.457 e. The zero-order valence-corrected chi connectivity index (χ0v) is 20.9. The predicted octanol–water partition coefficient (Wildman–Crippen LogP) is 7.41. The van der Waals surface area contributed by atoms with Crippen LogP contribution in [0.3, 0.4) is 0 Å². The lowest BCUT2D eigenvalue weighted by molar-refractivity contribution is -0.120. The third-order valence-corrected chi connectivity index (χ3v) is 7.58. The molecular formula is C27H28ClN3O2S. The summed E-state index contributed by atoms with van der Waals surface area (Å²) >= 11 is 7.41. The van der Waals surface area contributed by atoms with E-state index in [0.717, 1.165) is 54.2 Å². The number of benzene rings is 2. The van der Waals surface area contributed by atoms with Crippen molar-refractivity contribution >= 4 is 38.8 Å². The molecule has 2 aromatic carbocycles. The van der Waals surface area contributed by atoms with Crippen LogP contribution < -0.4 is 15.4 Å². The molecule has 2 N–H and O–H groups in total. The Balaban J connectivity index is 1.40. The Labute approximate surface area is 209 Å². The van der Waals surface area contributed by atoms with E-state index in [1.165, 1.54) is 16.9 Å². The lowest BCUT2D eigenvalue weighted by Crippen LogP contribution is -2.26. The summed E-state index contributed by atoms with van der Waals surface area (Å²) in [5.74, 6) is 1.49. The van der Waals surface area contributed by atoms with Crippen molar-refractivity contribution in [2.75, 3.05) is 10.6 Å². The van der Waals surface area contributed by atoms with Gasteiger partial charge < -0.3 is 15.4 Å². The largest absolute Gasteiger partial charge is 0.457 e. The molecule has 1 aromatic heterocycles. The highest BCUT2D eigenvalue weighted by molar-refractivity contribution is 7.20. The second kappa shape index (κ2) is 10.9. The third kappa shape index (κ3) is 5.55. The minimum atomic E-state index is -0.0296. The number of fused-ring (bicyclic) bond motifs is 1. The standard InChI is InChI=1S/C27H28ClN3O2S/c1-3-18(4-2)25(32)31-27-24(16-29)23-14-9-20(30-26(23)34-27)15-17-5-10-21(11-6-17)33-22-12-7-19(28)8-13-22/h5-8,10-13,18,20,30H,3-4,9,14-15H2,1-2H3,(H,31,32). The van der Waals surface area contributed by atoms with Gasteiger partial charge in [0, 0.05) is 22.5 Å². The molecule has 0 saturated carbocycles. The summed E-state index contributed by atoms with van der Waals surface area (Å²) in [6.07, 6.45) is 4.21. The maximum absolute atomic E-state index is 12.6. The maximum Gasteiger partial charge on any atom is 0.228 e. The first kappa shape index (κ1) is 24.1. The third-order valence-electron chi connectivity index (χ3n) is 6.24. The normalized spacial score (nSPS) is 14.7. The molecule has 34 heavy (non-hydrogen) atoms. The lowest BCUT2D eigenvalue weighted by atomic mass is 9.95. The predicted molar refractivity (Wildman–Crippen MR) is 139 cm³/mol. The van der Waals surface area contributed by atoms with Gasteiger partial charge in [-0.1, -0.05) is 48.9 Å². The number of hydrogen-bond acceptors (Lipinski definition) is 5. The molecule has 1 amide bonds. The van der Waals surface area contributed by atoms with Crippen molar-refractivity contribution in [3.8, 4) is 17.6 Å². The van der Waals surface area contributed by atoms with Gasteiger partial charge >= 0.3 is 0 Å². The molecule has 176 valence electrons. The molecule has 5 nitrogen and oxygen atoms in total. The number of thiophene rings is 1.